The van der Waals surface area contributed by atoms with Crippen LogP contribution in [-0.2, 0) is 6.54 Å². The van der Waals surface area contributed by atoms with Gasteiger partial charge in [-0.25, -0.2) is 0 Å². The monoisotopic (exact) mass is 303 g/mol. The highest BCUT2D eigenvalue weighted by atomic mass is 19.4. The van der Waals surface area contributed by atoms with Crippen molar-refractivity contribution in [2.24, 2.45) is 0 Å². The molecular weight excluding hydrogens is 283 g/mol. The number of piperidine rings is 1. The van der Waals surface area contributed by atoms with Gasteiger partial charge in [0.1, 0.15) is 12.2 Å². The van der Waals surface area contributed by atoms with Gasteiger partial charge in [-0.3, -0.25) is 4.79 Å². The van der Waals surface area contributed by atoms with Gasteiger partial charge in [-0.1, -0.05) is 0 Å². The molecule has 1 aromatic heterocycles. The van der Waals surface area contributed by atoms with E-state index in [-0.39, 0.29) is 17.6 Å². The molecule has 0 atom stereocenters. The van der Waals surface area contributed by atoms with Gasteiger partial charge < -0.3 is 14.8 Å². The smallest absolute Gasteiger partial charge is 0.335 e. The first kappa shape index (κ1) is 15.9. The van der Waals surface area contributed by atoms with E-state index in [1.807, 2.05) is 6.92 Å². The first-order valence-corrected chi connectivity index (χ1v) is 7.16. The van der Waals surface area contributed by atoms with Crippen LogP contribution in [0.5, 0.6) is 0 Å². The standard InChI is InChI=1S/C14H20F3N3O/c1-2-20(11-5-7-18-8-6-11)13(21)12-4-3-9-19(12)10-14(15,16)17/h3-4,9,11,18H,2,5-8,10H2,1H3. The summed E-state index contributed by atoms with van der Waals surface area (Å²) in [5, 5.41) is 3.22. The number of hydrogen-bond acceptors (Lipinski definition) is 2. The van der Waals surface area contributed by atoms with E-state index in [1.54, 1.807) is 4.90 Å². The number of hydrogen-bond donors (Lipinski definition) is 1. The SMILES string of the molecule is CCN(C(=O)c1cccn1CC(F)(F)F)C1CCNCC1. The molecule has 0 aliphatic carbocycles. The van der Waals surface area contributed by atoms with Crippen molar-refractivity contribution >= 4 is 5.91 Å². The van der Waals surface area contributed by atoms with E-state index in [4.69, 9.17) is 0 Å². The largest absolute Gasteiger partial charge is 0.406 e. The minimum absolute atomic E-state index is 0.0954. The zero-order chi connectivity index (χ0) is 15.5. The fourth-order valence-corrected chi connectivity index (χ4v) is 2.77. The molecule has 1 amide bonds. The van der Waals surface area contributed by atoms with E-state index in [9.17, 15) is 18.0 Å². The predicted octanol–water partition coefficient (Wildman–Crippen LogP) is 2.26. The van der Waals surface area contributed by atoms with Crippen molar-refractivity contribution in [2.45, 2.75) is 38.5 Å². The van der Waals surface area contributed by atoms with Crippen molar-refractivity contribution in [3.05, 3.63) is 24.0 Å². The first-order chi connectivity index (χ1) is 9.92. The number of nitrogens with one attached hydrogen (secondary N) is 1. The van der Waals surface area contributed by atoms with E-state index in [2.05, 4.69) is 5.32 Å². The number of carbonyl (C=O) groups excluding carboxylic acids is 1. The third-order valence-electron chi connectivity index (χ3n) is 3.75. The zero-order valence-electron chi connectivity index (χ0n) is 12.0. The number of rotatable bonds is 4. The molecule has 1 aromatic rings. The number of halogens is 3. The maximum absolute atomic E-state index is 12.6. The molecule has 4 nitrogen and oxygen atoms in total. The van der Waals surface area contributed by atoms with Crippen LogP contribution in [0.1, 0.15) is 30.3 Å². The van der Waals surface area contributed by atoms with Crippen LogP contribution in [0.4, 0.5) is 13.2 Å². The Bertz CT molecular complexity index is 478. The summed E-state index contributed by atoms with van der Waals surface area (Å²) < 4.78 is 38.6. The van der Waals surface area contributed by atoms with Gasteiger partial charge >= 0.3 is 6.18 Å². The fraction of sp³-hybridized carbons (Fsp3) is 0.643. The van der Waals surface area contributed by atoms with E-state index in [0.29, 0.717) is 6.54 Å². The number of amides is 1. The van der Waals surface area contributed by atoms with Gasteiger partial charge in [0.2, 0.25) is 0 Å². The zero-order valence-corrected chi connectivity index (χ0v) is 12.0. The summed E-state index contributed by atoms with van der Waals surface area (Å²) in [6, 6.07) is 3.03. The molecule has 0 aromatic carbocycles. The third kappa shape index (κ3) is 4.00. The number of nitrogens with zero attached hydrogens (tertiary/aromatic N) is 2. The van der Waals surface area contributed by atoms with Crippen LogP contribution in [0.2, 0.25) is 0 Å². The Hall–Kier alpha value is -1.50. The predicted molar refractivity (Wildman–Crippen MR) is 73.1 cm³/mol. The van der Waals surface area contributed by atoms with Gasteiger partial charge in [-0.2, -0.15) is 13.2 Å². The van der Waals surface area contributed by atoms with Crippen LogP contribution < -0.4 is 5.32 Å². The molecule has 2 heterocycles. The molecule has 0 spiro atoms. The average Bonchev–Trinajstić information content (AvgIpc) is 2.86. The van der Waals surface area contributed by atoms with Gasteiger partial charge in [-0.05, 0) is 45.0 Å². The third-order valence-corrected chi connectivity index (χ3v) is 3.75. The van der Waals surface area contributed by atoms with Crippen LogP contribution in [0.3, 0.4) is 0 Å². The van der Waals surface area contributed by atoms with E-state index < -0.39 is 12.7 Å². The van der Waals surface area contributed by atoms with Crippen LogP contribution >= 0.6 is 0 Å². The first-order valence-electron chi connectivity index (χ1n) is 7.16. The summed E-state index contributed by atoms with van der Waals surface area (Å²) in [6.07, 6.45) is -1.37. The molecule has 0 bridgehead atoms. The Morgan fingerprint density at radius 3 is 2.67 bits per heavy atom. The van der Waals surface area contributed by atoms with Crippen LogP contribution in [0.15, 0.2) is 18.3 Å². The maximum Gasteiger partial charge on any atom is 0.406 e. The topological polar surface area (TPSA) is 37.3 Å². The van der Waals surface area contributed by atoms with Crippen molar-refractivity contribution in [2.75, 3.05) is 19.6 Å². The van der Waals surface area contributed by atoms with Crippen LogP contribution in [-0.4, -0.2) is 47.2 Å². The van der Waals surface area contributed by atoms with Crippen LogP contribution in [0, 0.1) is 0 Å². The average molecular weight is 303 g/mol. The molecule has 0 radical (unpaired) electrons. The number of carbonyl (C=O) groups is 1. The summed E-state index contributed by atoms with van der Waals surface area (Å²) in [4.78, 5) is 14.2. The molecular formula is C14H20F3N3O. The number of alkyl halides is 3. The highest BCUT2D eigenvalue weighted by Crippen LogP contribution is 2.21. The van der Waals surface area contributed by atoms with Crippen LogP contribution in [0.25, 0.3) is 0 Å². The molecule has 0 saturated carbocycles. The Labute approximate surface area is 121 Å². The molecule has 1 aliphatic heterocycles. The minimum atomic E-state index is -4.33. The highest BCUT2D eigenvalue weighted by Gasteiger charge is 2.31. The quantitative estimate of drug-likeness (QED) is 0.926. The van der Waals surface area contributed by atoms with E-state index in [1.165, 1.54) is 18.3 Å². The molecule has 21 heavy (non-hydrogen) atoms. The lowest BCUT2D eigenvalue weighted by molar-refractivity contribution is -0.140. The molecule has 1 fully saturated rings. The molecule has 7 heteroatoms. The van der Waals surface area contributed by atoms with Gasteiger partial charge in [-0.15, -0.1) is 0 Å². The summed E-state index contributed by atoms with van der Waals surface area (Å²) in [5.41, 5.74) is 0.104. The second kappa shape index (κ2) is 6.51. The Kier molecular flexibility index (Phi) is 4.92. The molecule has 1 saturated heterocycles. The van der Waals surface area contributed by atoms with Crippen molar-refractivity contribution in [3.8, 4) is 0 Å². The minimum Gasteiger partial charge on any atom is -0.335 e. The van der Waals surface area contributed by atoms with Gasteiger partial charge in [0.25, 0.3) is 5.91 Å². The molecule has 1 N–H and O–H groups in total. The Morgan fingerprint density at radius 1 is 1.43 bits per heavy atom. The second-order valence-corrected chi connectivity index (χ2v) is 5.21. The van der Waals surface area contributed by atoms with E-state index >= 15 is 0 Å². The highest BCUT2D eigenvalue weighted by molar-refractivity contribution is 5.93. The normalized spacial score (nSPS) is 17.0. The van der Waals surface area contributed by atoms with Crippen molar-refractivity contribution in [1.29, 1.82) is 0 Å². The van der Waals surface area contributed by atoms with Crippen molar-refractivity contribution < 1.29 is 18.0 Å². The summed E-state index contributed by atoms with van der Waals surface area (Å²) in [5.74, 6) is -0.321. The summed E-state index contributed by atoms with van der Waals surface area (Å²) >= 11 is 0. The number of aromatic nitrogens is 1. The Morgan fingerprint density at radius 2 is 2.10 bits per heavy atom. The van der Waals surface area contributed by atoms with E-state index in [0.717, 1.165) is 30.5 Å². The lowest BCUT2D eigenvalue weighted by Crippen LogP contribution is -2.46. The van der Waals surface area contributed by atoms with Crippen molar-refractivity contribution in [1.82, 2.24) is 14.8 Å². The van der Waals surface area contributed by atoms with Crippen molar-refractivity contribution in [3.63, 3.8) is 0 Å². The lowest BCUT2D eigenvalue weighted by atomic mass is 10.0. The molecule has 2 rings (SSSR count). The Balaban J connectivity index is 2.16. The summed E-state index contributed by atoms with van der Waals surface area (Å²) in [6.45, 7) is 2.89. The molecule has 1 aliphatic rings. The maximum atomic E-state index is 12.6. The van der Waals surface area contributed by atoms with Gasteiger partial charge in [0, 0.05) is 18.8 Å². The fourth-order valence-electron chi connectivity index (χ4n) is 2.77. The van der Waals surface area contributed by atoms with Gasteiger partial charge in [0.15, 0.2) is 0 Å². The molecule has 118 valence electrons. The lowest BCUT2D eigenvalue weighted by Gasteiger charge is -2.34. The van der Waals surface area contributed by atoms with Gasteiger partial charge in [0.05, 0.1) is 0 Å². The summed E-state index contributed by atoms with van der Waals surface area (Å²) in [7, 11) is 0. The second-order valence-electron chi connectivity index (χ2n) is 5.21. The molecule has 0 unspecified atom stereocenters.